The Morgan fingerprint density at radius 3 is 2.64 bits per heavy atom. The van der Waals surface area contributed by atoms with Crippen LogP contribution in [0.3, 0.4) is 0 Å². The number of carbonyl (C=O) groups is 1. The van der Waals surface area contributed by atoms with Crippen molar-refractivity contribution >= 4 is 16.8 Å². The summed E-state index contributed by atoms with van der Waals surface area (Å²) in [5, 5.41) is 0.496. The van der Waals surface area contributed by atoms with Crippen LogP contribution in [-0.2, 0) is 7.05 Å². The molecule has 1 fully saturated rings. The molecule has 1 saturated heterocycles. The summed E-state index contributed by atoms with van der Waals surface area (Å²) in [6.07, 6.45) is 1.46. The normalized spacial score (nSPS) is 19.2. The summed E-state index contributed by atoms with van der Waals surface area (Å²) in [7, 11) is 3.28. The Balaban J connectivity index is 1.57. The van der Waals surface area contributed by atoms with Crippen LogP contribution in [0, 0.1) is 0 Å². The predicted molar refractivity (Wildman–Crippen MR) is 107 cm³/mol. The van der Waals surface area contributed by atoms with E-state index in [0.717, 1.165) is 11.3 Å². The molecule has 1 amide bonds. The van der Waals surface area contributed by atoms with Gasteiger partial charge in [-0.15, -0.1) is 0 Å². The van der Waals surface area contributed by atoms with Crippen LogP contribution in [-0.4, -0.2) is 46.6 Å². The van der Waals surface area contributed by atoms with Crippen molar-refractivity contribution in [1.82, 2.24) is 14.5 Å². The van der Waals surface area contributed by atoms with Gasteiger partial charge in [-0.1, -0.05) is 12.1 Å². The minimum atomic E-state index is -0.136. The van der Waals surface area contributed by atoms with E-state index >= 15 is 0 Å². The van der Waals surface area contributed by atoms with Gasteiger partial charge in [-0.3, -0.25) is 9.59 Å². The lowest BCUT2D eigenvalue weighted by Gasteiger charge is -2.17. The lowest BCUT2D eigenvalue weighted by atomic mass is 9.95. The Labute approximate surface area is 162 Å². The summed E-state index contributed by atoms with van der Waals surface area (Å²) in [5.41, 5.74) is 8.32. The summed E-state index contributed by atoms with van der Waals surface area (Å²) in [6, 6.07) is 12.7. The molecule has 1 aromatic heterocycles. The molecule has 0 spiro atoms. The first-order valence-electron chi connectivity index (χ1n) is 9.12. The van der Waals surface area contributed by atoms with Gasteiger partial charge in [0, 0.05) is 37.7 Å². The average molecular weight is 378 g/mol. The number of methoxy groups -OCH3 is 1. The fraction of sp³-hybridized carbons (Fsp3) is 0.286. The minimum Gasteiger partial charge on any atom is -0.497 e. The van der Waals surface area contributed by atoms with Crippen molar-refractivity contribution in [3.8, 4) is 5.75 Å². The summed E-state index contributed by atoms with van der Waals surface area (Å²) >= 11 is 0. The van der Waals surface area contributed by atoms with E-state index in [0.29, 0.717) is 29.6 Å². The molecule has 7 nitrogen and oxygen atoms in total. The van der Waals surface area contributed by atoms with Crippen molar-refractivity contribution in [2.45, 2.75) is 12.0 Å². The molecule has 0 unspecified atom stereocenters. The largest absolute Gasteiger partial charge is 0.497 e. The maximum absolute atomic E-state index is 13.0. The number of carbonyl (C=O) groups excluding carboxylic acids is 1. The number of ether oxygens (including phenoxy) is 1. The molecule has 2 heterocycles. The Hall–Kier alpha value is -3.19. The third kappa shape index (κ3) is 3.14. The number of nitrogens with two attached hydrogens (primary N) is 1. The lowest BCUT2D eigenvalue weighted by molar-refractivity contribution is 0.0789. The highest BCUT2D eigenvalue weighted by molar-refractivity contribution is 5.97. The molecule has 2 aromatic carbocycles. The highest BCUT2D eigenvalue weighted by atomic mass is 16.5. The predicted octanol–water partition coefficient (Wildman–Crippen LogP) is 1.51. The van der Waals surface area contributed by atoms with Crippen molar-refractivity contribution < 1.29 is 9.53 Å². The first-order valence-corrected chi connectivity index (χ1v) is 9.12. The first kappa shape index (κ1) is 18.2. The fourth-order valence-electron chi connectivity index (χ4n) is 3.72. The molecule has 1 aliphatic rings. The number of aromatic nitrogens is 2. The molecule has 0 saturated carbocycles. The van der Waals surface area contributed by atoms with Gasteiger partial charge in [0.1, 0.15) is 5.75 Å². The molecule has 1 aliphatic heterocycles. The molecule has 0 radical (unpaired) electrons. The SMILES string of the molecule is COc1ccc([C@H]2CN(C(=O)c3ccc4c(=O)n(C)cnc4c3)C[C@@H]2N)cc1. The van der Waals surface area contributed by atoms with Crippen LogP contribution >= 0.6 is 0 Å². The number of hydrogen-bond donors (Lipinski definition) is 1. The molecule has 7 heteroatoms. The van der Waals surface area contributed by atoms with E-state index in [4.69, 9.17) is 10.5 Å². The molecule has 2 N–H and O–H groups in total. The van der Waals surface area contributed by atoms with E-state index < -0.39 is 0 Å². The van der Waals surface area contributed by atoms with Gasteiger partial charge in [0.15, 0.2) is 0 Å². The monoisotopic (exact) mass is 378 g/mol. The molecular weight excluding hydrogens is 356 g/mol. The van der Waals surface area contributed by atoms with E-state index in [9.17, 15) is 9.59 Å². The van der Waals surface area contributed by atoms with Gasteiger partial charge in [0.2, 0.25) is 0 Å². The maximum Gasteiger partial charge on any atom is 0.260 e. The van der Waals surface area contributed by atoms with Crippen LogP contribution in [0.2, 0.25) is 0 Å². The highest BCUT2D eigenvalue weighted by Crippen LogP contribution is 2.29. The maximum atomic E-state index is 13.0. The van der Waals surface area contributed by atoms with Crippen molar-refractivity contribution in [3.63, 3.8) is 0 Å². The van der Waals surface area contributed by atoms with Crippen molar-refractivity contribution in [3.05, 3.63) is 70.3 Å². The zero-order valence-electron chi connectivity index (χ0n) is 15.8. The van der Waals surface area contributed by atoms with E-state index in [-0.39, 0.29) is 23.4 Å². The van der Waals surface area contributed by atoms with Crippen LogP contribution < -0.4 is 16.0 Å². The summed E-state index contributed by atoms with van der Waals surface area (Å²) < 4.78 is 6.62. The van der Waals surface area contributed by atoms with E-state index in [1.165, 1.54) is 10.9 Å². The third-order valence-electron chi connectivity index (χ3n) is 5.36. The number of fused-ring (bicyclic) bond motifs is 1. The minimum absolute atomic E-state index is 0.0701. The average Bonchev–Trinajstić information content (AvgIpc) is 3.11. The van der Waals surface area contributed by atoms with Gasteiger partial charge in [0.05, 0.1) is 24.3 Å². The van der Waals surface area contributed by atoms with Crippen molar-refractivity contribution in [2.75, 3.05) is 20.2 Å². The number of aryl methyl sites for hydroxylation is 1. The van der Waals surface area contributed by atoms with Crippen LogP contribution in [0.25, 0.3) is 10.9 Å². The molecule has 0 aliphatic carbocycles. The molecule has 28 heavy (non-hydrogen) atoms. The lowest BCUT2D eigenvalue weighted by Crippen LogP contribution is -2.32. The fourth-order valence-corrected chi connectivity index (χ4v) is 3.72. The summed E-state index contributed by atoms with van der Waals surface area (Å²) in [5.74, 6) is 0.759. The van der Waals surface area contributed by atoms with E-state index in [1.807, 2.05) is 24.3 Å². The molecule has 0 bridgehead atoms. The zero-order valence-corrected chi connectivity index (χ0v) is 15.8. The second kappa shape index (κ2) is 7.09. The smallest absolute Gasteiger partial charge is 0.260 e. The van der Waals surface area contributed by atoms with Crippen LogP contribution in [0.15, 0.2) is 53.6 Å². The first-order chi connectivity index (χ1) is 13.5. The van der Waals surface area contributed by atoms with Gasteiger partial charge in [-0.25, -0.2) is 4.98 Å². The standard InChI is InChI=1S/C21H22N4O3/c1-24-12-23-19-9-14(5-8-16(19)21(24)27)20(26)25-10-17(18(22)11-25)13-3-6-15(28-2)7-4-13/h3-9,12,17-18H,10-11,22H2,1-2H3/t17-,18+/m1/s1. The summed E-state index contributed by atoms with van der Waals surface area (Å²) in [6.45, 7) is 1.03. The Morgan fingerprint density at radius 2 is 1.93 bits per heavy atom. The Morgan fingerprint density at radius 1 is 1.18 bits per heavy atom. The van der Waals surface area contributed by atoms with Gasteiger partial charge in [-0.2, -0.15) is 0 Å². The number of hydrogen-bond acceptors (Lipinski definition) is 5. The van der Waals surface area contributed by atoms with Crippen LogP contribution in [0.1, 0.15) is 21.8 Å². The van der Waals surface area contributed by atoms with Crippen LogP contribution in [0.4, 0.5) is 0 Å². The number of amides is 1. The summed E-state index contributed by atoms with van der Waals surface area (Å²) in [4.78, 5) is 31.2. The number of nitrogens with zero attached hydrogens (tertiary/aromatic N) is 3. The second-order valence-electron chi connectivity index (χ2n) is 7.15. The number of benzene rings is 2. The number of likely N-dealkylation sites (tertiary alicyclic amines) is 1. The second-order valence-corrected chi connectivity index (χ2v) is 7.15. The van der Waals surface area contributed by atoms with E-state index in [1.54, 1.807) is 37.3 Å². The van der Waals surface area contributed by atoms with Gasteiger partial charge >= 0.3 is 0 Å². The topological polar surface area (TPSA) is 90.5 Å². The highest BCUT2D eigenvalue weighted by Gasteiger charge is 2.34. The molecule has 3 aromatic rings. The van der Waals surface area contributed by atoms with Gasteiger partial charge in [0.25, 0.3) is 11.5 Å². The molecule has 2 atom stereocenters. The molecular formula is C21H22N4O3. The van der Waals surface area contributed by atoms with Gasteiger partial charge in [-0.05, 0) is 35.9 Å². The third-order valence-corrected chi connectivity index (χ3v) is 5.36. The van der Waals surface area contributed by atoms with Crippen molar-refractivity contribution in [1.29, 1.82) is 0 Å². The number of rotatable bonds is 3. The Bertz CT molecular complexity index is 1090. The molecule has 144 valence electrons. The van der Waals surface area contributed by atoms with Crippen LogP contribution in [0.5, 0.6) is 5.75 Å². The van der Waals surface area contributed by atoms with E-state index in [2.05, 4.69) is 4.98 Å². The molecule has 4 rings (SSSR count). The zero-order chi connectivity index (χ0) is 19.8. The quantitative estimate of drug-likeness (QED) is 0.746. The van der Waals surface area contributed by atoms with Crippen molar-refractivity contribution in [2.24, 2.45) is 12.8 Å². The van der Waals surface area contributed by atoms with Gasteiger partial charge < -0.3 is 19.9 Å². The Kier molecular flexibility index (Phi) is 4.60.